The van der Waals surface area contributed by atoms with Crippen molar-refractivity contribution < 1.29 is 23.7 Å². The average Bonchev–Trinajstić information content (AvgIpc) is 3.69. The quantitative estimate of drug-likeness (QED) is 0.275. The number of methoxy groups -OCH3 is 1. The molecule has 0 N–H and O–H groups in total. The van der Waals surface area contributed by atoms with Gasteiger partial charge in [-0.15, -0.1) is 0 Å². The Morgan fingerprint density at radius 3 is 2.62 bits per heavy atom. The Bertz CT molecular complexity index is 951. The van der Waals surface area contributed by atoms with E-state index in [2.05, 4.69) is 32.9 Å². The molecule has 170 valence electrons. The molecule has 1 aliphatic carbocycles. The van der Waals surface area contributed by atoms with Crippen LogP contribution in [-0.2, 0) is 23.7 Å². The SMILES string of the molecule is CO[C@@H]1[C@H](OC(=O)/C=C/c2ccc(C#N)cc2)CC[C@]2(CO2)[C@H]1[C@]1(C)O[C@H]1CC=C(C)C. The van der Waals surface area contributed by atoms with Crippen molar-refractivity contribution in [1.82, 2.24) is 0 Å². The number of ether oxygens (including phenoxy) is 4. The summed E-state index contributed by atoms with van der Waals surface area (Å²) in [4.78, 5) is 12.6. The van der Waals surface area contributed by atoms with Crippen molar-refractivity contribution in [2.75, 3.05) is 13.7 Å². The van der Waals surface area contributed by atoms with Crippen LogP contribution in [-0.4, -0.2) is 49.2 Å². The van der Waals surface area contributed by atoms with E-state index in [0.717, 1.165) is 18.4 Å². The van der Waals surface area contributed by atoms with Crippen LogP contribution < -0.4 is 0 Å². The van der Waals surface area contributed by atoms with E-state index < -0.39 is 5.97 Å². The molecule has 3 fully saturated rings. The Morgan fingerprint density at radius 2 is 2.03 bits per heavy atom. The topological polar surface area (TPSA) is 84.4 Å². The molecule has 6 atom stereocenters. The van der Waals surface area contributed by atoms with Gasteiger partial charge >= 0.3 is 5.97 Å². The fourth-order valence-electron chi connectivity index (χ4n) is 5.09. The zero-order chi connectivity index (χ0) is 22.9. The van der Waals surface area contributed by atoms with Gasteiger partial charge in [0.1, 0.15) is 23.4 Å². The van der Waals surface area contributed by atoms with Crippen LogP contribution >= 0.6 is 0 Å². The van der Waals surface area contributed by atoms with E-state index in [1.165, 1.54) is 11.6 Å². The molecule has 2 aliphatic heterocycles. The van der Waals surface area contributed by atoms with Gasteiger partial charge in [-0.3, -0.25) is 0 Å². The van der Waals surface area contributed by atoms with Crippen molar-refractivity contribution in [2.45, 2.75) is 69.5 Å². The zero-order valence-electron chi connectivity index (χ0n) is 19.2. The number of carbonyl (C=O) groups is 1. The standard InChI is InChI=1S/C26H31NO5/c1-17(2)5-11-21-25(3,32-21)24-23(29-4)20(13-14-26(24)16-30-26)31-22(28)12-10-18-6-8-19(15-27)9-7-18/h5-10,12,20-21,23-24H,11,13-14,16H2,1-4H3/b12-10+/t20-,21+,23-,24-,25-,26+/m1/s1. The summed E-state index contributed by atoms with van der Waals surface area (Å²) in [5.41, 5.74) is 2.09. The fourth-order valence-corrected chi connectivity index (χ4v) is 5.09. The molecular weight excluding hydrogens is 406 g/mol. The van der Waals surface area contributed by atoms with Crippen molar-refractivity contribution in [3.63, 3.8) is 0 Å². The zero-order valence-corrected chi connectivity index (χ0v) is 19.2. The number of esters is 1. The number of epoxide rings is 2. The lowest BCUT2D eigenvalue weighted by Gasteiger charge is -2.42. The maximum absolute atomic E-state index is 12.6. The second-order valence-electron chi connectivity index (χ2n) is 9.42. The van der Waals surface area contributed by atoms with Crippen LogP contribution in [0.5, 0.6) is 0 Å². The molecule has 1 spiro atoms. The highest BCUT2D eigenvalue weighted by Gasteiger charge is 2.72. The van der Waals surface area contributed by atoms with E-state index in [0.29, 0.717) is 18.6 Å². The van der Waals surface area contributed by atoms with Crippen molar-refractivity contribution in [1.29, 1.82) is 5.26 Å². The molecule has 0 aromatic heterocycles. The number of hydrogen-bond donors (Lipinski definition) is 0. The molecule has 0 amide bonds. The first-order valence-electron chi connectivity index (χ1n) is 11.2. The van der Waals surface area contributed by atoms with Gasteiger partial charge in [-0.1, -0.05) is 23.8 Å². The lowest BCUT2D eigenvalue weighted by Crippen LogP contribution is -2.55. The molecule has 3 aliphatic rings. The van der Waals surface area contributed by atoms with Gasteiger partial charge in [0.25, 0.3) is 0 Å². The molecule has 6 nitrogen and oxygen atoms in total. The summed E-state index contributed by atoms with van der Waals surface area (Å²) < 4.78 is 23.9. The Balaban J connectivity index is 1.44. The molecular formula is C26H31NO5. The average molecular weight is 438 g/mol. The molecule has 0 unspecified atom stereocenters. The van der Waals surface area contributed by atoms with E-state index in [-0.39, 0.29) is 35.4 Å². The third-order valence-corrected chi connectivity index (χ3v) is 6.96. The summed E-state index contributed by atoms with van der Waals surface area (Å²) in [6.07, 6.45) is 7.16. The Morgan fingerprint density at radius 1 is 1.31 bits per heavy atom. The molecule has 4 rings (SSSR count). The highest BCUT2D eigenvalue weighted by Crippen LogP contribution is 2.59. The van der Waals surface area contributed by atoms with Crippen LogP contribution in [0.25, 0.3) is 6.08 Å². The molecule has 1 saturated carbocycles. The van der Waals surface area contributed by atoms with Crippen molar-refractivity contribution >= 4 is 12.0 Å². The van der Waals surface area contributed by atoms with Crippen LogP contribution in [0.1, 0.15) is 51.2 Å². The van der Waals surface area contributed by atoms with Gasteiger partial charge in [-0.25, -0.2) is 4.79 Å². The lowest BCUT2D eigenvalue weighted by atomic mass is 9.68. The highest BCUT2D eigenvalue weighted by atomic mass is 16.6. The largest absolute Gasteiger partial charge is 0.456 e. The van der Waals surface area contributed by atoms with Gasteiger partial charge in [-0.2, -0.15) is 5.26 Å². The fraction of sp³-hybridized carbons (Fsp3) is 0.538. The molecule has 2 heterocycles. The van der Waals surface area contributed by atoms with E-state index in [1.807, 2.05) is 0 Å². The second kappa shape index (κ2) is 8.82. The van der Waals surface area contributed by atoms with E-state index >= 15 is 0 Å². The minimum Gasteiger partial charge on any atom is -0.456 e. The highest BCUT2D eigenvalue weighted by molar-refractivity contribution is 5.87. The van der Waals surface area contributed by atoms with Crippen LogP contribution in [0.3, 0.4) is 0 Å². The van der Waals surface area contributed by atoms with Crippen LogP contribution in [0, 0.1) is 17.2 Å². The maximum Gasteiger partial charge on any atom is 0.331 e. The van der Waals surface area contributed by atoms with E-state index in [1.54, 1.807) is 37.5 Å². The predicted molar refractivity (Wildman–Crippen MR) is 120 cm³/mol. The van der Waals surface area contributed by atoms with E-state index in [9.17, 15) is 4.79 Å². The van der Waals surface area contributed by atoms with Crippen LogP contribution in [0.15, 0.2) is 42.0 Å². The third-order valence-electron chi connectivity index (χ3n) is 6.96. The predicted octanol–water partition coefficient (Wildman–Crippen LogP) is 4.19. The molecule has 2 saturated heterocycles. The van der Waals surface area contributed by atoms with Gasteiger partial charge in [0.15, 0.2) is 0 Å². The number of nitriles is 1. The Kier molecular flexibility index (Phi) is 6.26. The summed E-state index contributed by atoms with van der Waals surface area (Å²) in [5.74, 6) is -0.402. The minimum absolute atomic E-state index is 0.00428. The van der Waals surface area contributed by atoms with Crippen LogP contribution in [0.2, 0.25) is 0 Å². The maximum atomic E-state index is 12.6. The molecule has 1 aromatic carbocycles. The molecule has 6 heteroatoms. The van der Waals surface area contributed by atoms with Crippen molar-refractivity contribution in [2.24, 2.45) is 5.92 Å². The lowest BCUT2D eigenvalue weighted by molar-refractivity contribution is -0.166. The summed E-state index contributed by atoms with van der Waals surface area (Å²) in [7, 11) is 1.67. The Labute approximate surface area is 189 Å². The Hall–Kier alpha value is -2.46. The van der Waals surface area contributed by atoms with Crippen molar-refractivity contribution in [3.8, 4) is 6.07 Å². The number of hydrogen-bond acceptors (Lipinski definition) is 6. The normalized spacial score (nSPS) is 35.3. The first-order chi connectivity index (χ1) is 15.3. The van der Waals surface area contributed by atoms with Gasteiger partial charge in [0.2, 0.25) is 0 Å². The molecule has 0 radical (unpaired) electrons. The number of nitrogens with zero attached hydrogens (tertiary/aromatic N) is 1. The van der Waals surface area contributed by atoms with Gasteiger partial charge < -0.3 is 18.9 Å². The van der Waals surface area contributed by atoms with Crippen LogP contribution in [0.4, 0.5) is 0 Å². The monoisotopic (exact) mass is 437 g/mol. The molecule has 0 bridgehead atoms. The summed E-state index contributed by atoms with van der Waals surface area (Å²) in [5, 5.41) is 8.90. The molecule has 1 aromatic rings. The number of allylic oxidation sites excluding steroid dienone is 1. The first-order valence-corrected chi connectivity index (χ1v) is 11.2. The first kappa shape index (κ1) is 22.7. The van der Waals surface area contributed by atoms with Gasteiger partial charge in [0, 0.05) is 13.2 Å². The summed E-state index contributed by atoms with van der Waals surface area (Å²) >= 11 is 0. The smallest absolute Gasteiger partial charge is 0.331 e. The third kappa shape index (κ3) is 4.52. The van der Waals surface area contributed by atoms with Crippen molar-refractivity contribution in [3.05, 3.63) is 53.1 Å². The summed E-state index contributed by atoms with van der Waals surface area (Å²) in [6, 6.07) is 9.10. The van der Waals surface area contributed by atoms with Gasteiger partial charge in [0.05, 0.1) is 30.3 Å². The number of carbonyl (C=O) groups excluding carboxylic acids is 1. The molecule has 32 heavy (non-hydrogen) atoms. The second-order valence-corrected chi connectivity index (χ2v) is 9.42. The minimum atomic E-state index is -0.407. The van der Waals surface area contributed by atoms with Gasteiger partial charge in [-0.05, 0) is 63.8 Å². The summed E-state index contributed by atoms with van der Waals surface area (Å²) in [6.45, 7) is 7.01. The number of rotatable bonds is 7. The van der Waals surface area contributed by atoms with E-state index in [4.69, 9.17) is 24.2 Å². The number of benzene rings is 1.